The van der Waals surface area contributed by atoms with Gasteiger partial charge in [0.15, 0.2) is 0 Å². The Morgan fingerprint density at radius 3 is 2.37 bits per heavy atom. The topological polar surface area (TPSA) is 30.8 Å². The van der Waals surface area contributed by atoms with Gasteiger partial charge < -0.3 is 9.57 Å². The van der Waals surface area contributed by atoms with Crippen molar-refractivity contribution in [1.82, 2.24) is 0 Å². The molecule has 0 N–H and O–H groups in total. The molecule has 0 spiro atoms. The van der Waals surface area contributed by atoms with Gasteiger partial charge in [-0.05, 0) is 6.07 Å². The fraction of sp³-hybridized carbons (Fsp3) is 0.462. The molecule has 0 saturated carbocycles. The molecule has 19 heavy (non-hydrogen) atoms. The molecule has 1 radical (unpaired) electrons. The monoisotopic (exact) mass is 274 g/mol. The van der Waals surface area contributed by atoms with E-state index in [0.717, 1.165) is 0 Å². The molecule has 105 valence electrons. The van der Waals surface area contributed by atoms with E-state index in [1.54, 1.807) is 6.07 Å². The van der Waals surface area contributed by atoms with E-state index in [2.05, 4.69) is 16.1 Å². The van der Waals surface area contributed by atoms with Gasteiger partial charge in [-0.15, -0.1) is 13.2 Å². The lowest BCUT2D eigenvalue weighted by Crippen LogP contribution is -2.18. The van der Waals surface area contributed by atoms with Crippen molar-refractivity contribution in [2.45, 2.75) is 33.7 Å². The molecule has 0 aliphatic carbocycles. The van der Waals surface area contributed by atoms with Crippen molar-refractivity contribution in [2.75, 3.05) is 0 Å². The lowest BCUT2D eigenvalue weighted by molar-refractivity contribution is -0.275. The zero-order valence-electron chi connectivity index (χ0n) is 10.9. The highest BCUT2D eigenvalue weighted by atomic mass is 19.4. The molecule has 0 fully saturated rings. The number of hydrogen-bond acceptors (Lipinski definition) is 3. The van der Waals surface area contributed by atoms with Crippen LogP contribution in [0.15, 0.2) is 29.4 Å². The summed E-state index contributed by atoms with van der Waals surface area (Å²) in [5.41, 5.74) is -0.0126. The number of hydrogen-bond donors (Lipinski definition) is 0. The molecule has 6 heteroatoms. The standard InChI is InChI=1S/C13H15F3NO2/c1-12(2,3)9-17-18-8-10-6-4-5-7-11(10)19-13(14,15)16/h4-7H,8H2,1-3H3. The van der Waals surface area contributed by atoms with Crippen LogP contribution in [0.3, 0.4) is 0 Å². The summed E-state index contributed by atoms with van der Waals surface area (Å²) in [6.45, 7) is 5.51. The van der Waals surface area contributed by atoms with Crippen molar-refractivity contribution in [1.29, 1.82) is 0 Å². The van der Waals surface area contributed by atoms with E-state index in [1.165, 1.54) is 18.2 Å². The van der Waals surface area contributed by atoms with Crippen molar-refractivity contribution >= 4 is 6.21 Å². The maximum Gasteiger partial charge on any atom is 0.573 e. The molecule has 0 bridgehead atoms. The molecule has 0 aliphatic heterocycles. The minimum atomic E-state index is -4.73. The summed E-state index contributed by atoms with van der Waals surface area (Å²) in [5.74, 6) is -0.291. The van der Waals surface area contributed by atoms with Gasteiger partial charge in [0.25, 0.3) is 0 Å². The molecule has 1 rings (SSSR count). The first-order valence-electron chi connectivity index (χ1n) is 5.60. The van der Waals surface area contributed by atoms with E-state index < -0.39 is 6.36 Å². The van der Waals surface area contributed by atoms with E-state index in [1.807, 2.05) is 20.8 Å². The molecular weight excluding hydrogens is 259 g/mol. The number of nitrogens with zero attached hydrogens (tertiary/aromatic N) is 1. The number of benzene rings is 1. The van der Waals surface area contributed by atoms with E-state index in [-0.39, 0.29) is 23.3 Å². The molecule has 0 atom stereocenters. The first kappa shape index (κ1) is 15.3. The molecule has 1 aromatic carbocycles. The minimum Gasteiger partial charge on any atom is -0.405 e. The average Bonchev–Trinajstić information content (AvgIpc) is 2.23. The molecule has 0 aromatic heterocycles. The number of ether oxygens (including phenoxy) is 1. The third-order valence-electron chi connectivity index (χ3n) is 1.86. The third kappa shape index (κ3) is 6.69. The number of rotatable bonds is 4. The van der Waals surface area contributed by atoms with E-state index in [0.29, 0.717) is 0 Å². The Morgan fingerprint density at radius 1 is 1.16 bits per heavy atom. The summed E-state index contributed by atoms with van der Waals surface area (Å²) in [4.78, 5) is 4.92. The first-order chi connectivity index (χ1) is 8.67. The molecule has 3 nitrogen and oxygen atoms in total. The minimum absolute atomic E-state index is 0.116. The Labute approximate surface area is 110 Å². The Hall–Kier alpha value is -1.72. The van der Waals surface area contributed by atoms with Crippen molar-refractivity contribution < 1.29 is 22.7 Å². The fourth-order valence-electron chi connectivity index (χ4n) is 1.12. The van der Waals surface area contributed by atoms with E-state index in [9.17, 15) is 13.2 Å². The molecular formula is C13H15F3NO2. The predicted octanol–water partition coefficient (Wildman–Crippen LogP) is 4.01. The lowest BCUT2D eigenvalue weighted by Gasteiger charge is -2.12. The molecule has 0 saturated heterocycles. The zero-order chi connectivity index (χ0) is 14.5. The van der Waals surface area contributed by atoms with Crippen LogP contribution in [0.4, 0.5) is 13.2 Å². The summed E-state index contributed by atoms with van der Waals surface area (Å²) < 4.78 is 40.4. The average molecular weight is 274 g/mol. The Kier molecular flexibility index (Phi) is 4.80. The van der Waals surface area contributed by atoms with Crippen LogP contribution in [0.5, 0.6) is 5.75 Å². The largest absolute Gasteiger partial charge is 0.573 e. The van der Waals surface area contributed by atoms with Crippen LogP contribution in [0, 0.1) is 5.41 Å². The second kappa shape index (κ2) is 5.95. The van der Waals surface area contributed by atoms with Crippen LogP contribution in [0.2, 0.25) is 0 Å². The number of halogens is 3. The Bertz CT molecular complexity index is 436. The Morgan fingerprint density at radius 2 is 1.79 bits per heavy atom. The molecule has 1 aromatic rings. The Balaban J connectivity index is 2.66. The second-order valence-corrected chi connectivity index (χ2v) is 4.88. The van der Waals surface area contributed by atoms with Crippen LogP contribution in [-0.4, -0.2) is 12.6 Å². The van der Waals surface area contributed by atoms with Crippen molar-refractivity contribution in [3.8, 4) is 5.75 Å². The van der Waals surface area contributed by atoms with Crippen molar-refractivity contribution in [2.24, 2.45) is 10.6 Å². The van der Waals surface area contributed by atoms with Crippen LogP contribution in [0.25, 0.3) is 0 Å². The highest BCUT2D eigenvalue weighted by Crippen LogP contribution is 2.26. The van der Waals surface area contributed by atoms with E-state index >= 15 is 0 Å². The van der Waals surface area contributed by atoms with Crippen LogP contribution < -0.4 is 4.74 Å². The van der Waals surface area contributed by atoms with Crippen LogP contribution in [-0.2, 0) is 11.4 Å². The summed E-state index contributed by atoms with van der Waals surface area (Å²) in [5, 5.41) is 3.59. The van der Waals surface area contributed by atoms with Crippen LogP contribution >= 0.6 is 0 Å². The molecule has 0 unspecified atom stereocenters. The van der Waals surface area contributed by atoms with Gasteiger partial charge in [0.2, 0.25) is 0 Å². The fourth-order valence-corrected chi connectivity index (χ4v) is 1.12. The smallest absolute Gasteiger partial charge is 0.405 e. The lowest BCUT2D eigenvalue weighted by atomic mass is 10.00. The summed E-state index contributed by atoms with van der Waals surface area (Å²) in [6, 6.07) is 5.76. The normalized spacial score (nSPS) is 12.7. The van der Waals surface area contributed by atoms with Gasteiger partial charge in [0.1, 0.15) is 18.6 Å². The highest BCUT2D eigenvalue weighted by Gasteiger charge is 2.32. The summed E-state index contributed by atoms with van der Waals surface area (Å²) >= 11 is 0. The zero-order valence-corrected chi connectivity index (χ0v) is 10.9. The van der Waals surface area contributed by atoms with Gasteiger partial charge in [-0.1, -0.05) is 44.1 Å². The summed E-state index contributed by atoms with van der Waals surface area (Å²) in [6.07, 6.45) is -2.03. The molecule has 0 amide bonds. The number of alkyl halides is 3. The van der Waals surface area contributed by atoms with Crippen LogP contribution in [0.1, 0.15) is 26.3 Å². The maximum absolute atomic E-state index is 12.2. The van der Waals surface area contributed by atoms with Gasteiger partial charge in [-0.3, -0.25) is 0 Å². The third-order valence-corrected chi connectivity index (χ3v) is 1.86. The maximum atomic E-state index is 12.2. The quantitative estimate of drug-likeness (QED) is 0.613. The second-order valence-electron chi connectivity index (χ2n) is 4.88. The highest BCUT2D eigenvalue weighted by molar-refractivity contribution is 5.63. The van der Waals surface area contributed by atoms with Gasteiger partial charge >= 0.3 is 6.36 Å². The molecule has 0 aliphatic rings. The van der Waals surface area contributed by atoms with Gasteiger partial charge in [0.05, 0.1) is 0 Å². The van der Waals surface area contributed by atoms with Gasteiger partial charge in [-0.25, -0.2) is 0 Å². The van der Waals surface area contributed by atoms with E-state index in [4.69, 9.17) is 4.84 Å². The molecule has 0 heterocycles. The van der Waals surface area contributed by atoms with Gasteiger partial charge in [-0.2, -0.15) is 0 Å². The predicted molar refractivity (Wildman–Crippen MR) is 64.8 cm³/mol. The van der Waals surface area contributed by atoms with Gasteiger partial charge in [0, 0.05) is 11.0 Å². The number of para-hydroxylation sites is 1. The van der Waals surface area contributed by atoms with Crippen molar-refractivity contribution in [3.63, 3.8) is 0 Å². The summed E-state index contributed by atoms with van der Waals surface area (Å²) in [7, 11) is 0. The van der Waals surface area contributed by atoms with Crippen molar-refractivity contribution in [3.05, 3.63) is 29.8 Å². The first-order valence-corrected chi connectivity index (χ1v) is 5.60. The SMILES string of the molecule is CC(C)(C)/[C]=N\OCc1ccccc1OC(F)(F)F.